The Morgan fingerprint density at radius 1 is 1.28 bits per heavy atom. The zero-order chi connectivity index (χ0) is 13.6. The van der Waals surface area contributed by atoms with Crippen LogP contribution in [0.25, 0.3) is 0 Å². The van der Waals surface area contributed by atoms with Crippen LogP contribution in [-0.2, 0) is 9.84 Å². The van der Waals surface area contributed by atoms with Gasteiger partial charge < -0.3 is 15.3 Å². The fourth-order valence-corrected chi connectivity index (χ4v) is 3.56. The lowest BCUT2D eigenvalue weighted by Crippen LogP contribution is -2.40. The molecule has 0 spiro atoms. The second-order valence-electron chi connectivity index (χ2n) is 5.34. The second kappa shape index (κ2) is 7.43. The third-order valence-electron chi connectivity index (χ3n) is 3.23. The Labute approximate surface area is 110 Å². The van der Waals surface area contributed by atoms with Gasteiger partial charge in [0.1, 0.15) is 0 Å². The summed E-state index contributed by atoms with van der Waals surface area (Å²) in [6.07, 6.45) is 1.58. The summed E-state index contributed by atoms with van der Waals surface area (Å²) in [6.45, 7) is 6.56. The van der Waals surface area contributed by atoms with Crippen LogP contribution in [0.15, 0.2) is 0 Å². The Hall–Kier alpha value is -0.170. The Bertz CT molecular complexity index is 330. The number of hydrogen-bond donors (Lipinski definition) is 2. The van der Waals surface area contributed by atoms with Gasteiger partial charge in [0.15, 0.2) is 9.84 Å². The van der Waals surface area contributed by atoms with E-state index in [9.17, 15) is 13.5 Å². The van der Waals surface area contributed by atoms with Crippen molar-refractivity contribution in [1.29, 1.82) is 0 Å². The van der Waals surface area contributed by atoms with Crippen molar-refractivity contribution < 1.29 is 13.5 Å². The zero-order valence-electron chi connectivity index (χ0n) is 11.4. The summed E-state index contributed by atoms with van der Waals surface area (Å²) in [6, 6.07) is 0.455. The molecule has 0 aliphatic carbocycles. The van der Waals surface area contributed by atoms with Gasteiger partial charge in [-0.2, -0.15) is 0 Å². The summed E-state index contributed by atoms with van der Waals surface area (Å²) in [5, 5.41) is 12.6. The van der Waals surface area contributed by atoms with Crippen LogP contribution in [0, 0.1) is 0 Å². The molecule has 1 heterocycles. The second-order valence-corrected chi connectivity index (χ2v) is 7.64. The standard InChI is InChI=1S/C12H26N2O3S/c1-11(2)13-12(10-15)4-6-14-5-3-8-18(16,17)9-7-14/h11-13,15H,3-10H2,1-2H3. The van der Waals surface area contributed by atoms with Gasteiger partial charge in [-0.1, -0.05) is 13.8 Å². The van der Waals surface area contributed by atoms with E-state index in [1.807, 2.05) is 0 Å². The molecule has 0 bridgehead atoms. The molecule has 5 nitrogen and oxygen atoms in total. The average molecular weight is 278 g/mol. The van der Waals surface area contributed by atoms with E-state index in [-0.39, 0.29) is 18.4 Å². The number of nitrogens with zero attached hydrogens (tertiary/aromatic N) is 1. The first-order chi connectivity index (χ1) is 8.43. The molecule has 1 rings (SSSR count). The molecule has 1 aliphatic heterocycles. The highest BCUT2D eigenvalue weighted by atomic mass is 32.2. The first-order valence-electron chi connectivity index (χ1n) is 6.72. The highest BCUT2D eigenvalue weighted by Crippen LogP contribution is 2.06. The van der Waals surface area contributed by atoms with Crippen molar-refractivity contribution in [1.82, 2.24) is 10.2 Å². The summed E-state index contributed by atoms with van der Waals surface area (Å²) in [4.78, 5) is 2.19. The van der Waals surface area contributed by atoms with Crippen molar-refractivity contribution in [3.63, 3.8) is 0 Å². The zero-order valence-corrected chi connectivity index (χ0v) is 12.2. The molecule has 2 N–H and O–H groups in total. The van der Waals surface area contributed by atoms with E-state index in [4.69, 9.17) is 0 Å². The smallest absolute Gasteiger partial charge is 0.151 e. The molecule has 18 heavy (non-hydrogen) atoms. The minimum absolute atomic E-state index is 0.102. The molecule has 1 atom stereocenters. The number of rotatable bonds is 6. The van der Waals surface area contributed by atoms with Crippen molar-refractivity contribution in [2.24, 2.45) is 0 Å². The highest BCUT2D eigenvalue weighted by molar-refractivity contribution is 7.91. The minimum Gasteiger partial charge on any atom is -0.395 e. The molecule has 1 fully saturated rings. The molecule has 0 radical (unpaired) electrons. The molecule has 0 aromatic rings. The van der Waals surface area contributed by atoms with E-state index in [2.05, 4.69) is 24.1 Å². The van der Waals surface area contributed by atoms with E-state index >= 15 is 0 Å². The lowest BCUT2D eigenvalue weighted by Gasteiger charge is -2.24. The van der Waals surface area contributed by atoms with Crippen LogP contribution in [0.2, 0.25) is 0 Å². The van der Waals surface area contributed by atoms with Crippen LogP contribution in [0.1, 0.15) is 26.7 Å². The average Bonchev–Trinajstić information content (AvgIpc) is 2.45. The van der Waals surface area contributed by atoms with Crippen molar-refractivity contribution in [3.8, 4) is 0 Å². The molecule has 108 valence electrons. The molecule has 6 heteroatoms. The first kappa shape index (κ1) is 15.9. The lowest BCUT2D eigenvalue weighted by atomic mass is 10.2. The van der Waals surface area contributed by atoms with Gasteiger partial charge in [-0.25, -0.2) is 8.42 Å². The lowest BCUT2D eigenvalue weighted by molar-refractivity contribution is 0.204. The first-order valence-corrected chi connectivity index (χ1v) is 8.55. The van der Waals surface area contributed by atoms with Gasteiger partial charge >= 0.3 is 0 Å². The van der Waals surface area contributed by atoms with E-state index in [0.717, 1.165) is 25.9 Å². The highest BCUT2D eigenvalue weighted by Gasteiger charge is 2.19. The van der Waals surface area contributed by atoms with Crippen molar-refractivity contribution in [3.05, 3.63) is 0 Å². The molecule has 0 amide bonds. The number of sulfone groups is 1. The Kier molecular flexibility index (Phi) is 6.55. The summed E-state index contributed by atoms with van der Waals surface area (Å²) < 4.78 is 23.0. The number of hydrogen-bond acceptors (Lipinski definition) is 5. The molecule has 1 unspecified atom stereocenters. The van der Waals surface area contributed by atoms with Gasteiger partial charge in [0.25, 0.3) is 0 Å². The molecular weight excluding hydrogens is 252 g/mol. The van der Waals surface area contributed by atoms with Crippen molar-refractivity contribution in [2.75, 3.05) is 37.7 Å². The summed E-state index contributed by atoms with van der Waals surface area (Å²) in [5.74, 6) is 0.589. The maximum Gasteiger partial charge on any atom is 0.151 e. The van der Waals surface area contributed by atoms with Crippen LogP contribution in [0.3, 0.4) is 0 Å². The van der Waals surface area contributed by atoms with Gasteiger partial charge in [-0.15, -0.1) is 0 Å². The van der Waals surface area contributed by atoms with E-state index in [1.54, 1.807) is 0 Å². The Balaban J connectivity index is 2.34. The molecule has 1 saturated heterocycles. The van der Waals surface area contributed by atoms with Gasteiger partial charge in [0, 0.05) is 18.6 Å². The van der Waals surface area contributed by atoms with Crippen LogP contribution in [-0.4, -0.2) is 68.3 Å². The predicted octanol–water partition coefficient (Wildman–Crippen LogP) is -0.144. The molecule has 0 saturated carbocycles. The quantitative estimate of drug-likeness (QED) is 0.707. The number of aliphatic hydroxyl groups excluding tert-OH is 1. The monoisotopic (exact) mass is 278 g/mol. The SMILES string of the molecule is CC(C)NC(CO)CCN1CCCS(=O)(=O)CC1. The van der Waals surface area contributed by atoms with Gasteiger partial charge in [0.2, 0.25) is 0 Å². The summed E-state index contributed by atoms with van der Waals surface area (Å²) >= 11 is 0. The fourth-order valence-electron chi connectivity index (χ4n) is 2.25. The normalized spacial score (nSPS) is 22.9. The van der Waals surface area contributed by atoms with Crippen molar-refractivity contribution >= 4 is 9.84 Å². The van der Waals surface area contributed by atoms with Gasteiger partial charge in [-0.3, -0.25) is 0 Å². The van der Waals surface area contributed by atoms with Gasteiger partial charge in [0.05, 0.1) is 18.1 Å². The van der Waals surface area contributed by atoms with E-state index in [1.165, 1.54) is 0 Å². The fraction of sp³-hybridized carbons (Fsp3) is 1.00. The molecule has 1 aliphatic rings. The van der Waals surface area contributed by atoms with Crippen LogP contribution in [0.4, 0.5) is 0 Å². The minimum atomic E-state index is -2.82. The third kappa shape index (κ3) is 6.13. The summed E-state index contributed by atoms with van der Waals surface area (Å²) in [7, 11) is -2.82. The Morgan fingerprint density at radius 2 is 2.00 bits per heavy atom. The van der Waals surface area contributed by atoms with Crippen LogP contribution >= 0.6 is 0 Å². The van der Waals surface area contributed by atoms with Crippen LogP contribution in [0.5, 0.6) is 0 Å². The largest absolute Gasteiger partial charge is 0.395 e. The van der Waals surface area contributed by atoms with Gasteiger partial charge in [-0.05, 0) is 25.9 Å². The van der Waals surface area contributed by atoms with E-state index in [0.29, 0.717) is 18.3 Å². The van der Waals surface area contributed by atoms with Crippen molar-refractivity contribution in [2.45, 2.75) is 38.8 Å². The topological polar surface area (TPSA) is 69.6 Å². The maximum absolute atomic E-state index is 11.5. The Morgan fingerprint density at radius 3 is 2.61 bits per heavy atom. The van der Waals surface area contributed by atoms with E-state index < -0.39 is 9.84 Å². The third-order valence-corrected chi connectivity index (χ3v) is 4.95. The number of aliphatic hydroxyl groups is 1. The maximum atomic E-state index is 11.5. The molecule has 0 aromatic carbocycles. The van der Waals surface area contributed by atoms with Crippen LogP contribution < -0.4 is 5.32 Å². The molecule has 0 aromatic heterocycles. The predicted molar refractivity (Wildman–Crippen MR) is 73.5 cm³/mol. The molecular formula is C12H26N2O3S. The number of nitrogens with one attached hydrogen (secondary N) is 1. The summed E-state index contributed by atoms with van der Waals surface area (Å²) in [5.41, 5.74) is 0.